The second-order valence-electron chi connectivity index (χ2n) is 3.20. The highest BCUT2D eigenvalue weighted by atomic mass is 16.5. The molecule has 0 aliphatic carbocycles. The number of ether oxygens (including phenoxy) is 1. The number of nitrogen functional groups attached to an aromatic ring is 1. The minimum atomic E-state index is -0.276. The fourth-order valence-electron chi connectivity index (χ4n) is 1.27. The molecule has 0 unspecified atom stereocenters. The monoisotopic (exact) mass is 224 g/mol. The average molecular weight is 224 g/mol. The smallest absolute Gasteiger partial charge is 0.251 e. The number of hydrogen-bond acceptors (Lipinski definition) is 4. The zero-order valence-corrected chi connectivity index (χ0v) is 9.19. The van der Waals surface area contributed by atoms with Crippen LogP contribution in [0, 0.1) is 0 Å². The van der Waals surface area contributed by atoms with E-state index in [9.17, 15) is 4.79 Å². The zero-order valence-electron chi connectivity index (χ0n) is 9.19. The normalized spacial score (nSPS) is 9.88. The van der Waals surface area contributed by atoms with E-state index in [2.05, 4.69) is 5.32 Å². The van der Waals surface area contributed by atoms with Crippen molar-refractivity contribution in [1.29, 1.82) is 0 Å². The number of hydrogen-bond donors (Lipinski definition) is 3. The van der Waals surface area contributed by atoms with Gasteiger partial charge in [0.2, 0.25) is 0 Å². The molecule has 0 aliphatic heterocycles. The third-order valence-electron chi connectivity index (χ3n) is 1.90. The fraction of sp³-hybridized carbons (Fsp3) is 0.364. The van der Waals surface area contributed by atoms with Gasteiger partial charge in [-0.05, 0) is 19.1 Å². The molecule has 88 valence electrons. The maximum atomic E-state index is 11.6. The number of anilines is 1. The molecule has 0 radical (unpaired) electrons. The third kappa shape index (κ3) is 3.43. The molecule has 0 heterocycles. The van der Waals surface area contributed by atoms with Gasteiger partial charge >= 0.3 is 0 Å². The fourth-order valence-corrected chi connectivity index (χ4v) is 1.27. The lowest BCUT2D eigenvalue weighted by molar-refractivity contribution is 0.0944. The summed E-state index contributed by atoms with van der Waals surface area (Å²) in [7, 11) is 0. The number of carbonyl (C=O) groups is 1. The highest BCUT2D eigenvalue weighted by Crippen LogP contribution is 2.18. The number of rotatable bonds is 5. The molecule has 0 fully saturated rings. The molecule has 5 nitrogen and oxygen atoms in total. The van der Waals surface area contributed by atoms with E-state index in [0.717, 1.165) is 0 Å². The first-order valence-electron chi connectivity index (χ1n) is 5.09. The molecule has 0 aromatic heterocycles. The summed E-state index contributed by atoms with van der Waals surface area (Å²) < 4.78 is 5.27. The summed E-state index contributed by atoms with van der Waals surface area (Å²) in [6.07, 6.45) is 0. The molecule has 0 spiro atoms. The Kier molecular flexibility index (Phi) is 4.60. The summed E-state index contributed by atoms with van der Waals surface area (Å²) in [6, 6.07) is 4.84. The summed E-state index contributed by atoms with van der Waals surface area (Å²) in [6.45, 7) is 2.50. The molecule has 1 aromatic carbocycles. The number of carbonyl (C=O) groups excluding carboxylic acids is 1. The Balaban J connectivity index is 2.82. The molecule has 5 heteroatoms. The van der Waals surface area contributed by atoms with Gasteiger partial charge < -0.3 is 20.9 Å². The number of benzene rings is 1. The minimum Gasteiger partial charge on any atom is -0.494 e. The minimum absolute atomic E-state index is 0.0909. The summed E-state index contributed by atoms with van der Waals surface area (Å²) in [5.41, 5.74) is 6.55. The molecule has 0 atom stereocenters. The third-order valence-corrected chi connectivity index (χ3v) is 1.90. The van der Waals surface area contributed by atoms with Crippen molar-refractivity contribution in [3.8, 4) is 5.75 Å². The van der Waals surface area contributed by atoms with Crippen LogP contribution in [0.2, 0.25) is 0 Å². The van der Waals surface area contributed by atoms with Crippen LogP contribution in [0.4, 0.5) is 5.69 Å². The van der Waals surface area contributed by atoms with E-state index in [-0.39, 0.29) is 19.1 Å². The molecule has 4 N–H and O–H groups in total. The van der Waals surface area contributed by atoms with E-state index in [4.69, 9.17) is 15.6 Å². The highest BCUT2D eigenvalue weighted by molar-refractivity contribution is 5.95. The average Bonchev–Trinajstić information content (AvgIpc) is 2.25. The molecule has 0 saturated heterocycles. The zero-order chi connectivity index (χ0) is 12.0. The number of aliphatic hydroxyl groups is 1. The van der Waals surface area contributed by atoms with E-state index in [0.29, 0.717) is 23.6 Å². The van der Waals surface area contributed by atoms with Crippen molar-refractivity contribution >= 4 is 11.6 Å². The van der Waals surface area contributed by atoms with E-state index in [1.807, 2.05) is 6.92 Å². The van der Waals surface area contributed by atoms with Gasteiger partial charge in [0.1, 0.15) is 5.75 Å². The van der Waals surface area contributed by atoms with Crippen molar-refractivity contribution in [3.63, 3.8) is 0 Å². The summed E-state index contributed by atoms with van der Waals surface area (Å²) >= 11 is 0. The lowest BCUT2D eigenvalue weighted by Crippen LogP contribution is -2.26. The molecular weight excluding hydrogens is 208 g/mol. The van der Waals surface area contributed by atoms with Crippen LogP contribution in [-0.2, 0) is 0 Å². The van der Waals surface area contributed by atoms with Gasteiger partial charge in [-0.15, -0.1) is 0 Å². The van der Waals surface area contributed by atoms with Crippen LogP contribution in [-0.4, -0.2) is 30.8 Å². The molecule has 0 aliphatic rings. The quantitative estimate of drug-likeness (QED) is 0.632. The van der Waals surface area contributed by atoms with E-state index >= 15 is 0 Å². The van der Waals surface area contributed by atoms with Gasteiger partial charge in [0.15, 0.2) is 0 Å². The largest absolute Gasteiger partial charge is 0.494 e. The van der Waals surface area contributed by atoms with Crippen LogP contribution in [0.25, 0.3) is 0 Å². The van der Waals surface area contributed by atoms with E-state index in [1.165, 1.54) is 0 Å². The van der Waals surface area contributed by atoms with Gasteiger partial charge in [-0.3, -0.25) is 4.79 Å². The highest BCUT2D eigenvalue weighted by Gasteiger charge is 2.07. The van der Waals surface area contributed by atoms with Crippen molar-refractivity contribution < 1.29 is 14.6 Å². The van der Waals surface area contributed by atoms with Gasteiger partial charge in [0.05, 0.1) is 13.2 Å². The lowest BCUT2D eigenvalue weighted by atomic mass is 10.1. The molecule has 0 saturated carbocycles. The van der Waals surface area contributed by atoms with Gasteiger partial charge in [0.25, 0.3) is 5.91 Å². The van der Waals surface area contributed by atoms with Crippen molar-refractivity contribution in [2.45, 2.75) is 6.92 Å². The first kappa shape index (κ1) is 12.3. The predicted octanol–water partition coefficient (Wildman–Crippen LogP) is 0.390. The maximum absolute atomic E-state index is 11.6. The molecule has 1 amide bonds. The Morgan fingerprint density at radius 3 is 2.88 bits per heavy atom. The van der Waals surface area contributed by atoms with E-state index in [1.54, 1.807) is 18.2 Å². The van der Waals surface area contributed by atoms with Crippen LogP contribution in [0.1, 0.15) is 17.3 Å². The summed E-state index contributed by atoms with van der Waals surface area (Å²) in [4.78, 5) is 11.6. The van der Waals surface area contributed by atoms with Crippen LogP contribution in [0.15, 0.2) is 18.2 Å². The number of nitrogens with two attached hydrogens (primary N) is 1. The van der Waals surface area contributed by atoms with Crippen molar-refractivity contribution in [3.05, 3.63) is 23.8 Å². The molecule has 16 heavy (non-hydrogen) atoms. The first-order chi connectivity index (χ1) is 7.67. The topological polar surface area (TPSA) is 84.6 Å². The summed E-state index contributed by atoms with van der Waals surface area (Å²) in [5.74, 6) is 0.291. The standard InChI is InChI=1S/C11H16N2O3/c1-2-16-10-6-8(5-9(12)7-10)11(15)13-3-4-14/h5-7,14H,2-4,12H2,1H3,(H,13,15). The van der Waals surface area contributed by atoms with Crippen LogP contribution < -0.4 is 15.8 Å². The van der Waals surface area contributed by atoms with E-state index < -0.39 is 0 Å². The van der Waals surface area contributed by atoms with Crippen molar-refractivity contribution in [2.75, 3.05) is 25.5 Å². The Morgan fingerprint density at radius 2 is 2.25 bits per heavy atom. The number of amides is 1. The molecule has 1 rings (SSSR count). The number of nitrogens with one attached hydrogen (secondary N) is 1. The van der Waals surface area contributed by atoms with Gasteiger partial charge in [-0.2, -0.15) is 0 Å². The maximum Gasteiger partial charge on any atom is 0.251 e. The lowest BCUT2D eigenvalue weighted by Gasteiger charge is -2.08. The van der Waals surface area contributed by atoms with Crippen LogP contribution in [0.5, 0.6) is 5.75 Å². The Hall–Kier alpha value is -1.75. The van der Waals surface area contributed by atoms with Gasteiger partial charge in [-0.1, -0.05) is 0 Å². The van der Waals surface area contributed by atoms with Gasteiger partial charge in [0, 0.05) is 23.9 Å². The molecular formula is C11H16N2O3. The number of aliphatic hydroxyl groups excluding tert-OH is 1. The second kappa shape index (κ2) is 5.97. The van der Waals surface area contributed by atoms with Gasteiger partial charge in [-0.25, -0.2) is 0 Å². The Labute approximate surface area is 94.2 Å². The second-order valence-corrected chi connectivity index (χ2v) is 3.20. The first-order valence-corrected chi connectivity index (χ1v) is 5.09. The summed E-state index contributed by atoms with van der Waals surface area (Å²) in [5, 5.41) is 11.1. The molecule has 0 bridgehead atoms. The Morgan fingerprint density at radius 1 is 1.50 bits per heavy atom. The predicted molar refractivity (Wildman–Crippen MR) is 61.4 cm³/mol. The van der Waals surface area contributed by atoms with Crippen LogP contribution in [0.3, 0.4) is 0 Å². The van der Waals surface area contributed by atoms with Crippen molar-refractivity contribution in [2.24, 2.45) is 0 Å². The SMILES string of the molecule is CCOc1cc(N)cc(C(=O)NCCO)c1. The Bertz CT molecular complexity index is 366. The molecule has 1 aromatic rings. The van der Waals surface area contributed by atoms with Crippen molar-refractivity contribution in [1.82, 2.24) is 5.32 Å². The van der Waals surface area contributed by atoms with Crippen LogP contribution >= 0.6 is 0 Å².